The lowest BCUT2D eigenvalue weighted by molar-refractivity contribution is 0.0697. The molecule has 6 heteroatoms. The van der Waals surface area contributed by atoms with Crippen LogP contribution in [0.5, 0.6) is 0 Å². The molecular weight excluding hydrogens is 268 g/mol. The Morgan fingerprint density at radius 3 is 2.53 bits per heavy atom. The van der Waals surface area contributed by atoms with Gasteiger partial charge in [-0.2, -0.15) is 0 Å². The van der Waals surface area contributed by atoms with Crippen LogP contribution in [0.3, 0.4) is 0 Å². The zero-order valence-corrected chi connectivity index (χ0v) is 11.2. The van der Waals surface area contributed by atoms with Gasteiger partial charge in [-0.05, 0) is 30.5 Å². The summed E-state index contributed by atoms with van der Waals surface area (Å²) in [6, 6.07) is 5.91. The average molecular weight is 284 g/mol. The summed E-state index contributed by atoms with van der Waals surface area (Å²) < 4.78 is 29.3. The number of sulfone groups is 1. The van der Waals surface area contributed by atoms with Crippen LogP contribution in [0.15, 0.2) is 24.3 Å². The SMILES string of the molecule is O=C(O)c1ccc(CS(=O)(=O)CC2CCCO2)cc1. The van der Waals surface area contributed by atoms with Gasteiger partial charge in [0.2, 0.25) is 0 Å². The number of carboxylic acid groups (broad SMARTS) is 1. The minimum Gasteiger partial charge on any atom is -0.478 e. The third-order valence-corrected chi connectivity index (χ3v) is 4.70. The molecule has 1 aromatic rings. The Bertz CT molecular complexity index is 541. The molecular formula is C13H16O5S. The normalized spacial score (nSPS) is 19.5. The molecule has 1 atom stereocenters. The third kappa shape index (κ3) is 4.04. The third-order valence-electron chi connectivity index (χ3n) is 3.05. The van der Waals surface area contributed by atoms with Gasteiger partial charge in [0.25, 0.3) is 0 Å². The standard InChI is InChI=1S/C13H16O5S/c14-13(15)11-5-3-10(4-6-11)8-19(16,17)9-12-2-1-7-18-12/h3-6,12H,1-2,7-9H2,(H,14,15). The number of carboxylic acids is 1. The second kappa shape index (κ2) is 5.71. The molecule has 5 nitrogen and oxygen atoms in total. The average Bonchev–Trinajstić information content (AvgIpc) is 2.81. The first-order chi connectivity index (χ1) is 8.96. The summed E-state index contributed by atoms with van der Waals surface area (Å²) in [6.07, 6.45) is 1.51. The highest BCUT2D eigenvalue weighted by Gasteiger charge is 2.23. The molecule has 0 amide bonds. The summed E-state index contributed by atoms with van der Waals surface area (Å²) >= 11 is 0. The highest BCUT2D eigenvalue weighted by molar-refractivity contribution is 7.90. The van der Waals surface area contributed by atoms with Crippen molar-refractivity contribution in [3.05, 3.63) is 35.4 Å². The van der Waals surface area contributed by atoms with Crippen molar-refractivity contribution in [2.24, 2.45) is 0 Å². The van der Waals surface area contributed by atoms with E-state index < -0.39 is 15.8 Å². The van der Waals surface area contributed by atoms with Crippen LogP contribution in [0.25, 0.3) is 0 Å². The minimum atomic E-state index is -3.22. The Balaban J connectivity index is 2.00. The van der Waals surface area contributed by atoms with E-state index in [0.29, 0.717) is 12.2 Å². The first kappa shape index (κ1) is 14.0. The molecule has 0 saturated carbocycles. The van der Waals surface area contributed by atoms with Gasteiger partial charge in [-0.1, -0.05) is 12.1 Å². The van der Waals surface area contributed by atoms with E-state index in [-0.39, 0.29) is 23.2 Å². The van der Waals surface area contributed by atoms with Crippen molar-refractivity contribution in [3.63, 3.8) is 0 Å². The van der Waals surface area contributed by atoms with Gasteiger partial charge in [-0.15, -0.1) is 0 Å². The summed E-state index contributed by atoms with van der Waals surface area (Å²) in [5, 5.41) is 8.76. The molecule has 0 aromatic heterocycles. The highest BCUT2D eigenvalue weighted by Crippen LogP contribution is 2.17. The summed E-state index contributed by atoms with van der Waals surface area (Å²) in [7, 11) is -3.22. The van der Waals surface area contributed by atoms with Gasteiger partial charge < -0.3 is 9.84 Å². The minimum absolute atomic E-state index is 0.0354. The molecule has 0 spiro atoms. The molecule has 1 aromatic carbocycles. The lowest BCUT2D eigenvalue weighted by atomic mass is 10.1. The van der Waals surface area contributed by atoms with Crippen molar-refractivity contribution in [2.75, 3.05) is 12.4 Å². The number of hydrogen-bond donors (Lipinski definition) is 1. The topological polar surface area (TPSA) is 80.7 Å². The summed E-state index contributed by atoms with van der Waals surface area (Å²) in [4.78, 5) is 10.7. The summed E-state index contributed by atoms with van der Waals surface area (Å²) in [5.74, 6) is -1.06. The second-order valence-electron chi connectivity index (χ2n) is 4.69. The number of benzene rings is 1. The number of hydrogen-bond acceptors (Lipinski definition) is 4. The first-order valence-electron chi connectivity index (χ1n) is 6.10. The van der Waals surface area contributed by atoms with Gasteiger partial charge in [0.15, 0.2) is 9.84 Å². The molecule has 2 rings (SSSR count). The summed E-state index contributed by atoms with van der Waals surface area (Å²) in [6.45, 7) is 0.632. The molecule has 1 aliphatic rings. The van der Waals surface area contributed by atoms with Gasteiger partial charge in [0.05, 0.1) is 23.2 Å². The molecule has 1 N–H and O–H groups in total. The van der Waals surface area contributed by atoms with Crippen LogP contribution >= 0.6 is 0 Å². The molecule has 1 unspecified atom stereocenters. The maximum absolute atomic E-state index is 12.0. The molecule has 1 aliphatic heterocycles. The fraction of sp³-hybridized carbons (Fsp3) is 0.462. The van der Waals surface area contributed by atoms with Gasteiger partial charge in [-0.3, -0.25) is 0 Å². The lowest BCUT2D eigenvalue weighted by Crippen LogP contribution is -2.21. The van der Waals surface area contributed by atoms with Crippen LogP contribution in [-0.2, 0) is 20.3 Å². The monoisotopic (exact) mass is 284 g/mol. The van der Waals surface area contributed by atoms with Crippen molar-refractivity contribution < 1.29 is 23.1 Å². The maximum atomic E-state index is 12.0. The molecule has 0 bridgehead atoms. The van der Waals surface area contributed by atoms with E-state index in [0.717, 1.165) is 12.8 Å². The molecule has 0 radical (unpaired) electrons. The van der Waals surface area contributed by atoms with E-state index in [1.807, 2.05) is 0 Å². The van der Waals surface area contributed by atoms with Crippen LogP contribution in [0, 0.1) is 0 Å². The van der Waals surface area contributed by atoms with Crippen LogP contribution in [0.4, 0.5) is 0 Å². The van der Waals surface area contributed by atoms with E-state index in [9.17, 15) is 13.2 Å². The smallest absolute Gasteiger partial charge is 0.335 e. The lowest BCUT2D eigenvalue weighted by Gasteiger charge is -2.10. The van der Waals surface area contributed by atoms with Crippen molar-refractivity contribution in [3.8, 4) is 0 Å². The molecule has 19 heavy (non-hydrogen) atoms. The number of rotatable bonds is 5. The molecule has 1 heterocycles. The fourth-order valence-corrected chi connectivity index (χ4v) is 3.76. The largest absolute Gasteiger partial charge is 0.478 e. The van der Waals surface area contributed by atoms with E-state index in [1.165, 1.54) is 24.3 Å². The van der Waals surface area contributed by atoms with E-state index in [1.54, 1.807) is 0 Å². The molecule has 104 valence electrons. The Hall–Kier alpha value is -1.40. The Kier molecular flexibility index (Phi) is 4.21. The van der Waals surface area contributed by atoms with Crippen molar-refractivity contribution in [1.82, 2.24) is 0 Å². The van der Waals surface area contributed by atoms with Gasteiger partial charge >= 0.3 is 5.97 Å². The van der Waals surface area contributed by atoms with Crippen LogP contribution in [-0.4, -0.2) is 38.0 Å². The van der Waals surface area contributed by atoms with E-state index in [4.69, 9.17) is 9.84 Å². The molecule has 0 aliphatic carbocycles. The molecule has 1 fully saturated rings. The summed E-state index contributed by atoms with van der Waals surface area (Å²) in [5.41, 5.74) is 0.753. The Morgan fingerprint density at radius 1 is 1.32 bits per heavy atom. The number of ether oxygens (including phenoxy) is 1. The van der Waals surface area contributed by atoms with Crippen LogP contribution in [0.2, 0.25) is 0 Å². The van der Waals surface area contributed by atoms with Crippen LogP contribution in [0.1, 0.15) is 28.8 Å². The Morgan fingerprint density at radius 2 is 2.00 bits per heavy atom. The quantitative estimate of drug-likeness (QED) is 0.885. The second-order valence-corrected chi connectivity index (χ2v) is 6.80. The highest BCUT2D eigenvalue weighted by atomic mass is 32.2. The number of aromatic carboxylic acids is 1. The van der Waals surface area contributed by atoms with Crippen molar-refractivity contribution in [2.45, 2.75) is 24.7 Å². The van der Waals surface area contributed by atoms with E-state index >= 15 is 0 Å². The maximum Gasteiger partial charge on any atom is 0.335 e. The number of carbonyl (C=O) groups is 1. The van der Waals surface area contributed by atoms with E-state index in [2.05, 4.69) is 0 Å². The van der Waals surface area contributed by atoms with Gasteiger partial charge in [0.1, 0.15) is 0 Å². The fourth-order valence-electron chi connectivity index (χ4n) is 2.12. The van der Waals surface area contributed by atoms with Gasteiger partial charge in [0, 0.05) is 6.61 Å². The van der Waals surface area contributed by atoms with Crippen molar-refractivity contribution in [1.29, 1.82) is 0 Å². The van der Waals surface area contributed by atoms with Crippen molar-refractivity contribution >= 4 is 15.8 Å². The predicted octanol–water partition coefficient (Wildman–Crippen LogP) is 1.48. The zero-order valence-electron chi connectivity index (χ0n) is 10.4. The Labute approximate surface area is 112 Å². The van der Waals surface area contributed by atoms with Gasteiger partial charge in [-0.25, -0.2) is 13.2 Å². The molecule has 1 saturated heterocycles. The first-order valence-corrected chi connectivity index (χ1v) is 7.93. The zero-order chi connectivity index (χ0) is 13.9. The van der Waals surface area contributed by atoms with Crippen LogP contribution < -0.4 is 0 Å². The predicted molar refractivity (Wildman–Crippen MR) is 69.9 cm³/mol.